The average molecular weight is 230 g/mol. The van der Waals surface area contributed by atoms with E-state index in [0.717, 1.165) is 20.8 Å². The maximum atomic E-state index is 10.4. The van der Waals surface area contributed by atoms with Gasteiger partial charge in [0.05, 0.1) is 0 Å². The van der Waals surface area contributed by atoms with Crippen molar-refractivity contribution in [2.24, 2.45) is 0 Å². The minimum absolute atomic E-state index is 0. The fourth-order valence-electron chi connectivity index (χ4n) is 0.479. The van der Waals surface area contributed by atoms with Crippen LogP contribution in [0.1, 0.15) is 20.8 Å². The molecule has 0 aliphatic rings. The fourth-order valence-corrected chi connectivity index (χ4v) is 0.479. The number of hydrogen-bond donors (Lipinski definition) is 0. The van der Waals surface area contributed by atoms with Gasteiger partial charge in [0, 0.05) is 20.8 Å². The molecule has 0 bridgehead atoms. The minimum atomic E-state index is -1.59. The van der Waals surface area contributed by atoms with Crippen molar-refractivity contribution in [1.29, 1.82) is 0 Å². The summed E-state index contributed by atoms with van der Waals surface area (Å²) in [6.07, 6.45) is 0. The summed E-state index contributed by atoms with van der Waals surface area (Å²) in [6, 6.07) is 0. The van der Waals surface area contributed by atoms with Gasteiger partial charge in [-0.2, -0.15) is 0 Å². The van der Waals surface area contributed by atoms with Crippen LogP contribution < -0.4 is 0 Å². The molecule has 15 heavy (non-hydrogen) atoms. The van der Waals surface area contributed by atoms with E-state index in [1.165, 1.54) is 0 Å². The number of carbonyl (C=O) groups is 3. The normalized spacial score (nSPS) is 7.40. The van der Waals surface area contributed by atoms with E-state index < -0.39 is 25.2 Å². The Morgan fingerprint density at radius 3 is 1.13 bits per heavy atom. The summed E-state index contributed by atoms with van der Waals surface area (Å²) in [5, 5.41) is 0. The van der Waals surface area contributed by atoms with Gasteiger partial charge in [-0.15, -0.1) is 0 Å². The van der Waals surface area contributed by atoms with Crippen LogP contribution in [-0.4, -0.2) is 60.3 Å². The average Bonchev–Trinajstić information content (AvgIpc) is 1.80. The molecule has 2 N–H and O–H groups in total. The van der Waals surface area contributed by atoms with E-state index in [2.05, 4.69) is 14.0 Å². The summed E-state index contributed by atoms with van der Waals surface area (Å²) in [6.45, 7) is 3.29. The van der Waals surface area contributed by atoms with Crippen LogP contribution in [0, 0.1) is 0 Å². The molecular weight excluding hydrogens is 218 g/mol. The molecule has 9 heteroatoms. The van der Waals surface area contributed by atoms with E-state index in [1.54, 1.807) is 0 Å². The maximum absolute atomic E-state index is 10.4. The Labute approximate surface area is 109 Å². The molecule has 0 saturated heterocycles. The molecule has 0 spiro atoms. The Hall–Kier alpha value is -0.565. The first kappa shape index (κ1) is 19.9. The predicted molar refractivity (Wildman–Crippen MR) is 51.8 cm³/mol. The van der Waals surface area contributed by atoms with Gasteiger partial charge in [0.2, 0.25) is 0 Å². The van der Waals surface area contributed by atoms with Gasteiger partial charge < -0.3 is 19.4 Å². The van der Waals surface area contributed by atoms with Gasteiger partial charge in [-0.1, -0.05) is 0 Å². The van der Waals surface area contributed by atoms with Crippen LogP contribution in [0.25, 0.3) is 0 Å². The first-order valence-electron chi connectivity index (χ1n) is 3.43. The van der Waals surface area contributed by atoms with Gasteiger partial charge in [0.25, 0.3) is 17.9 Å². The molecule has 0 amide bonds. The second-order valence-corrected chi connectivity index (χ2v) is 2.12. The first-order chi connectivity index (χ1) is 5.91. The van der Waals surface area contributed by atoms with E-state index in [4.69, 9.17) is 0 Å². The van der Waals surface area contributed by atoms with Crippen molar-refractivity contribution in [2.45, 2.75) is 20.8 Å². The van der Waals surface area contributed by atoms with Gasteiger partial charge in [0.1, 0.15) is 0 Å². The van der Waals surface area contributed by atoms with Crippen LogP contribution in [-0.2, 0) is 28.3 Å². The van der Waals surface area contributed by atoms with E-state index in [0.29, 0.717) is 0 Å². The van der Waals surface area contributed by atoms with Crippen molar-refractivity contribution < 1.29 is 33.8 Å². The summed E-state index contributed by atoms with van der Waals surface area (Å²) in [5.74, 6) is -2.15. The molecule has 0 heterocycles. The third-order valence-corrected chi connectivity index (χ3v) is 0.787. The van der Waals surface area contributed by atoms with Crippen molar-refractivity contribution in [3.05, 3.63) is 0 Å². The van der Waals surface area contributed by atoms with E-state index in [9.17, 15) is 14.4 Å². The Bertz CT molecular complexity index is 193. The van der Waals surface area contributed by atoms with Crippen LogP contribution in [0.4, 0.5) is 0 Å². The molecule has 0 fully saturated rings. The number of hydrogen-bond acceptors (Lipinski definition) is 6. The topological polar surface area (TPSA) is 110 Å². The monoisotopic (exact) mass is 230 g/mol. The third-order valence-electron chi connectivity index (χ3n) is 0.787. The zero-order chi connectivity index (χ0) is 10.4. The van der Waals surface area contributed by atoms with E-state index >= 15 is 0 Å². The Kier molecular flexibility index (Phi) is 13.2. The predicted octanol–water partition coefficient (Wildman–Crippen LogP) is -1.81. The summed E-state index contributed by atoms with van der Waals surface area (Å²) < 4.78 is 13.0. The van der Waals surface area contributed by atoms with Gasteiger partial charge >= 0.3 is 36.9 Å². The summed E-state index contributed by atoms with van der Waals surface area (Å²) in [4.78, 5) is 31.2. The second-order valence-electron chi connectivity index (χ2n) is 2.12. The molecule has 0 unspecified atom stereocenters. The third kappa shape index (κ3) is 13.4. The molecule has 7 nitrogen and oxygen atoms in total. The van der Waals surface area contributed by atoms with Crippen molar-refractivity contribution in [2.75, 3.05) is 0 Å². The van der Waals surface area contributed by atoms with Crippen molar-refractivity contribution in [3.8, 4) is 0 Å². The zero-order valence-electron chi connectivity index (χ0n) is 8.03. The molecule has 0 aromatic carbocycles. The van der Waals surface area contributed by atoms with Crippen LogP contribution in [0.15, 0.2) is 0 Å². The van der Waals surface area contributed by atoms with Gasteiger partial charge in [-0.3, -0.25) is 14.4 Å². The van der Waals surface area contributed by atoms with Gasteiger partial charge in [0.15, 0.2) is 0 Å². The number of carbonyl (C=O) groups excluding carboxylic acids is 3. The standard InChI is InChI=1S/C6H9BO6.Na.H2O.H/c1-4(8)11-7(12-5(2)9)13-6(3)10;;;/h1-3H3;;1H2;. The first-order valence-corrected chi connectivity index (χ1v) is 3.43. The molecule has 0 aliphatic carbocycles. The van der Waals surface area contributed by atoms with Crippen LogP contribution in [0.3, 0.4) is 0 Å². The quantitative estimate of drug-likeness (QED) is 0.528. The summed E-state index contributed by atoms with van der Waals surface area (Å²) in [5.41, 5.74) is 0. The molecule has 0 saturated carbocycles. The molecule has 0 aliphatic heterocycles. The van der Waals surface area contributed by atoms with Crippen molar-refractivity contribution in [3.63, 3.8) is 0 Å². The second kappa shape index (κ2) is 9.97. The molecular formula is C6H12BNaO7. The molecule has 0 aromatic rings. The summed E-state index contributed by atoms with van der Waals surface area (Å²) >= 11 is 0. The molecule has 82 valence electrons. The van der Waals surface area contributed by atoms with Crippen LogP contribution in [0.5, 0.6) is 0 Å². The zero-order valence-corrected chi connectivity index (χ0v) is 8.03. The molecule has 0 atom stereocenters. The fraction of sp³-hybridized carbons (Fsp3) is 0.500. The number of rotatable bonds is 3. The Morgan fingerprint density at radius 1 is 0.800 bits per heavy atom. The van der Waals surface area contributed by atoms with Crippen molar-refractivity contribution >= 4 is 54.8 Å². The van der Waals surface area contributed by atoms with Gasteiger partial charge in [-0.25, -0.2) is 0 Å². The Morgan fingerprint density at radius 2 is 1.00 bits per heavy atom. The Balaban J connectivity index is -0.000000720. The van der Waals surface area contributed by atoms with E-state index in [1.807, 2.05) is 0 Å². The SMILES string of the molecule is CC(=O)OB(OC(C)=O)OC(C)=O.O.[NaH]. The van der Waals surface area contributed by atoms with Gasteiger partial charge in [-0.05, 0) is 0 Å². The molecule has 0 radical (unpaired) electrons. The van der Waals surface area contributed by atoms with Crippen LogP contribution >= 0.6 is 0 Å². The van der Waals surface area contributed by atoms with Crippen LogP contribution in [0.2, 0.25) is 0 Å². The molecule has 0 rings (SSSR count). The van der Waals surface area contributed by atoms with Crippen molar-refractivity contribution in [1.82, 2.24) is 0 Å². The molecule has 0 aromatic heterocycles. The van der Waals surface area contributed by atoms with E-state index in [-0.39, 0.29) is 35.0 Å². The summed E-state index contributed by atoms with van der Waals surface area (Å²) in [7, 11) is -1.59.